The lowest BCUT2D eigenvalue weighted by Gasteiger charge is -2.28. The minimum atomic E-state index is -0.00181. The van der Waals surface area contributed by atoms with Gasteiger partial charge in [-0.15, -0.1) is 0 Å². The van der Waals surface area contributed by atoms with E-state index < -0.39 is 0 Å². The molecule has 1 aliphatic heterocycles. The van der Waals surface area contributed by atoms with Gasteiger partial charge in [0, 0.05) is 18.3 Å². The van der Waals surface area contributed by atoms with E-state index in [2.05, 4.69) is 31.1 Å². The molecule has 1 aliphatic rings. The first-order chi connectivity index (χ1) is 8.60. The first-order valence-corrected chi connectivity index (χ1v) is 6.47. The third-order valence-corrected chi connectivity index (χ3v) is 2.84. The lowest BCUT2D eigenvalue weighted by molar-refractivity contribution is 0.258. The van der Waals surface area contributed by atoms with Gasteiger partial charge >= 0.3 is 0 Å². The third-order valence-electron chi connectivity index (χ3n) is 2.84. The zero-order chi connectivity index (χ0) is 13.1. The van der Waals surface area contributed by atoms with E-state index in [9.17, 15) is 0 Å². The Morgan fingerprint density at radius 3 is 2.89 bits per heavy atom. The molecule has 1 atom stereocenters. The molecule has 98 valence electrons. The van der Waals surface area contributed by atoms with E-state index in [-0.39, 0.29) is 6.10 Å². The van der Waals surface area contributed by atoms with Gasteiger partial charge in [0.05, 0.1) is 5.69 Å². The van der Waals surface area contributed by atoms with Crippen LogP contribution in [-0.2, 0) is 0 Å². The van der Waals surface area contributed by atoms with E-state index >= 15 is 0 Å². The quantitative estimate of drug-likeness (QED) is 0.807. The summed E-state index contributed by atoms with van der Waals surface area (Å²) in [5.74, 6) is 2.28. The first-order valence-electron chi connectivity index (χ1n) is 6.47. The number of anilines is 2. The third kappa shape index (κ3) is 2.75. The highest BCUT2D eigenvalue weighted by molar-refractivity contribution is 6.02. The van der Waals surface area contributed by atoms with Crippen molar-refractivity contribution in [2.75, 3.05) is 17.6 Å². The van der Waals surface area contributed by atoms with E-state index in [4.69, 9.17) is 10.5 Å². The Kier molecular flexibility index (Phi) is 3.75. The number of benzene rings is 1. The molecular formula is C14H21N3O. The van der Waals surface area contributed by atoms with Crippen LogP contribution in [0.1, 0.15) is 27.2 Å². The van der Waals surface area contributed by atoms with E-state index in [1.54, 1.807) is 0 Å². The summed E-state index contributed by atoms with van der Waals surface area (Å²) in [6.45, 7) is 7.22. The van der Waals surface area contributed by atoms with Crippen molar-refractivity contribution < 1.29 is 4.74 Å². The summed E-state index contributed by atoms with van der Waals surface area (Å²) in [5.41, 5.74) is 7.42. The van der Waals surface area contributed by atoms with Crippen molar-refractivity contribution in [1.82, 2.24) is 0 Å². The summed E-state index contributed by atoms with van der Waals surface area (Å²) in [4.78, 5) is 4.61. The van der Waals surface area contributed by atoms with Crippen molar-refractivity contribution >= 4 is 17.2 Å². The fraction of sp³-hybridized carbons (Fsp3) is 0.500. The highest BCUT2D eigenvalue weighted by Crippen LogP contribution is 2.32. The van der Waals surface area contributed by atoms with E-state index in [0.29, 0.717) is 11.6 Å². The molecule has 0 saturated carbocycles. The van der Waals surface area contributed by atoms with Gasteiger partial charge in [0.25, 0.3) is 0 Å². The van der Waals surface area contributed by atoms with Crippen LogP contribution in [0.3, 0.4) is 0 Å². The zero-order valence-electron chi connectivity index (χ0n) is 11.2. The first kappa shape index (κ1) is 12.7. The maximum atomic E-state index is 5.93. The maximum Gasteiger partial charge on any atom is 0.155 e. The topological polar surface area (TPSA) is 59.6 Å². The summed E-state index contributed by atoms with van der Waals surface area (Å²) >= 11 is 0. The molecule has 2 rings (SSSR count). The van der Waals surface area contributed by atoms with Crippen LogP contribution in [0.4, 0.5) is 11.4 Å². The number of nitrogen functional groups attached to an aromatic ring is 1. The standard InChI is InChI=1S/C14H21N3O/c1-4-12-14(16-8-9(2)3)17-11-6-5-10(15)7-13(11)18-12/h5-7,9,12H,4,8,15H2,1-3H3,(H,16,17). The number of fused-ring (bicyclic) bond motifs is 1. The number of aliphatic imine (C=N–C) groups is 1. The fourth-order valence-corrected chi connectivity index (χ4v) is 1.87. The highest BCUT2D eigenvalue weighted by Gasteiger charge is 2.24. The summed E-state index contributed by atoms with van der Waals surface area (Å²) in [6.07, 6.45) is 0.885. The molecule has 1 heterocycles. The molecule has 0 fully saturated rings. The van der Waals surface area contributed by atoms with E-state index in [1.165, 1.54) is 0 Å². The summed E-state index contributed by atoms with van der Waals surface area (Å²) in [5, 5.41) is 3.35. The predicted octanol–water partition coefficient (Wildman–Crippen LogP) is 2.91. The van der Waals surface area contributed by atoms with Crippen LogP contribution >= 0.6 is 0 Å². The SMILES string of the molecule is CCC1Oc2cc(N)ccc2NC1=NCC(C)C. The van der Waals surface area contributed by atoms with Crippen molar-refractivity contribution in [2.24, 2.45) is 10.9 Å². The Balaban J connectivity index is 2.24. The smallest absolute Gasteiger partial charge is 0.155 e. The zero-order valence-corrected chi connectivity index (χ0v) is 11.2. The molecule has 4 nitrogen and oxygen atoms in total. The second kappa shape index (κ2) is 5.29. The number of amidine groups is 1. The molecule has 0 aliphatic carbocycles. The number of nitrogens with two attached hydrogens (primary N) is 1. The molecule has 1 unspecified atom stereocenters. The van der Waals surface area contributed by atoms with Crippen LogP contribution in [-0.4, -0.2) is 18.5 Å². The highest BCUT2D eigenvalue weighted by atomic mass is 16.5. The van der Waals surface area contributed by atoms with Crippen molar-refractivity contribution in [3.05, 3.63) is 18.2 Å². The van der Waals surface area contributed by atoms with Gasteiger partial charge in [-0.1, -0.05) is 20.8 Å². The second-order valence-corrected chi connectivity index (χ2v) is 5.02. The van der Waals surface area contributed by atoms with Crippen molar-refractivity contribution in [3.8, 4) is 5.75 Å². The average Bonchev–Trinajstić information content (AvgIpc) is 2.35. The molecule has 4 heteroatoms. The minimum absolute atomic E-state index is 0.00181. The second-order valence-electron chi connectivity index (χ2n) is 5.02. The number of nitrogens with zero attached hydrogens (tertiary/aromatic N) is 1. The van der Waals surface area contributed by atoms with Crippen molar-refractivity contribution in [1.29, 1.82) is 0 Å². The van der Waals surface area contributed by atoms with Crippen LogP contribution in [0.15, 0.2) is 23.2 Å². The Labute approximate surface area is 108 Å². The van der Waals surface area contributed by atoms with Gasteiger partial charge in [0.15, 0.2) is 6.10 Å². The average molecular weight is 247 g/mol. The van der Waals surface area contributed by atoms with E-state index in [1.807, 2.05) is 18.2 Å². The van der Waals surface area contributed by atoms with Crippen LogP contribution in [0.5, 0.6) is 5.75 Å². The monoisotopic (exact) mass is 247 g/mol. The molecule has 0 spiro atoms. The molecule has 18 heavy (non-hydrogen) atoms. The lowest BCUT2D eigenvalue weighted by Crippen LogP contribution is -2.37. The molecule has 0 saturated heterocycles. The normalized spacial score (nSPS) is 20.4. The summed E-state index contributed by atoms with van der Waals surface area (Å²) in [7, 11) is 0. The molecule has 1 aromatic rings. The van der Waals surface area contributed by atoms with Crippen molar-refractivity contribution in [2.45, 2.75) is 33.3 Å². The largest absolute Gasteiger partial charge is 0.480 e. The van der Waals surface area contributed by atoms with Crippen LogP contribution in [0.2, 0.25) is 0 Å². The molecule has 3 N–H and O–H groups in total. The van der Waals surface area contributed by atoms with E-state index in [0.717, 1.165) is 30.2 Å². The molecule has 0 radical (unpaired) electrons. The van der Waals surface area contributed by atoms with Gasteiger partial charge in [-0.2, -0.15) is 0 Å². The number of hydrogen-bond acceptors (Lipinski definition) is 3. The number of hydrogen-bond donors (Lipinski definition) is 2. The van der Waals surface area contributed by atoms with Gasteiger partial charge < -0.3 is 15.8 Å². The fourth-order valence-electron chi connectivity index (χ4n) is 1.87. The maximum absolute atomic E-state index is 5.93. The predicted molar refractivity (Wildman–Crippen MR) is 76.3 cm³/mol. The van der Waals surface area contributed by atoms with Gasteiger partial charge in [-0.05, 0) is 24.5 Å². The number of rotatable bonds is 3. The van der Waals surface area contributed by atoms with Gasteiger partial charge in [0.1, 0.15) is 11.6 Å². The molecule has 0 amide bonds. The van der Waals surface area contributed by atoms with Gasteiger partial charge in [0.2, 0.25) is 0 Å². The Bertz CT molecular complexity index is 454. The number of ether oxygens (including phenoxy) is 1. The van der Waals surface area contributed by atoms with Gasteiger partial charge in [-0.25, -0.2) is 0 Å². The number of nitrogens with one attached hydrogen (secondary N) is 1. The Morgan fingerprint density at radius 1 is 1.44 bits per heavy atom. The van der Waals surface area contributed by atoms with Crippen molar-refractivity contribution in [3.63, 3.8) is 0 Å². The lowest BCUT2D eigenvalue weighted by atomic mass is 10.1. The van der Waals surface area contributed by atoms with Crippen LogP contribution in [0.25, 0.3) is 0 Å². The summed E-state index contributed by atoms with van der Waals surface area (Å²) in [6, 6.07) is 5.65. The molecular weight excluding hydrogens is 226 g/mol. The summed E-state index contributed by atoms with van der Waals surface area (Å²) < 4.78 is 5.93. The molecule has 0 bridgehead atoms. The molecule has 1 aromatic carbocycles. The Morgan fingerprint density at radius 2 is 2.22 bits per heavy atom. The van der Waals surface area contributed by atoms with Crippen LogP contribution in [0, 0.1) is 5.92 Å². The van der Waals surface area contributed by atoms with Crippen LogP contribution < -0.4 is 15.8 Å². The van der Waals surface area contributed by atoms with Gasteiger partial charge in [-0.3, -0.25) is 4.99 Å². The minimum Gasteiger partial charge on any atom is -0.480 e. The Hall–Kier alpha value is -1.71. The molecule has 0 aromatic heterocycles.